The third-order valence-electron chi connectivity index (χ3n) is 4.37. The van der Waals surface area contributed by atoms with Crippen LogP contribution in [0, 0.1) is 6.92 Å². The van der Waals surface area contributed by atoms with Gasteiger partial charge in [-0.05, 0) is 45.2 Å². The van der Waals surface area contributed by atoms with Crippen molar-refractivity contribution in [1.29, 1.82) is 0 Å². The molecule has 1 aliphatic rings. The minimum absolute atomic E-state index is 0.119. The van der Waals surface area contributed by atoms with Crippen molar-refractivity contribution in [2.45, 2.75) is 64.8 Å². The summed E-state index contributed by atoms with van der Waals surface area (Å²) < 4.78 is 6.05. The molecule has 0 bridgehead atoms. The summed E-state index contributed by atoms with van der Waals surface area (Å²) in [6.07, 6.45) is 1.22. The molecule has 1 aliphatic heterocycles. The molecule has 3 heteroatoms. The Hall–Kier alpha value is -0.900. The molecule has 1 fully saturated rings. The smallest absolute Gasteiger partial charge is 0.0757 e. The Balaban J connectivity index is 2.35. The van der Waals surface area contributed by atoms with Gasteiger partial charge >= 0.3 is 0 Å². The largest absolute Gasteiger partial charge is 0.370 e. The molecule has 1 saturated heterocycles. The van der Waals surface area contributed by atoms with E-state index in [-0.39, 0.29) is 23.8 Å². The van der Waals surface area contributed by atoms with Crippen molar-refractivity contribution >= 4 is 0 Å². The van der Waals surface area contributed by atoms with E-state index in [0.717, 1.165) is 19.5 Å². The number of hydrogen-bond acceptors (Lipinski definition) is 3. The van der Waals surface area contributed by atoms with Crippen LogP contribution < -0.4 is 5.73 Å². The summed E-state index contributed by atoms with van der Waals surface area (Å²) in [6, 6.07) is 9.03. The van der Waals surface area contributed by atoms with Crippen LogP contribution in [0.25, 0.3) is 0 Å². The lowest BCUT2D eigenvalue weighted by Gasteiger charge is -2.47. The molecule has 1 aromatic carbocycles. The number of rotatable bonds is 4. The van der Waals surface area contributed by atoms with E-state index in [1.807, 2.05) is 0 Å². The predicted molar refractivity (Wildman–Crippen MR) is 88.4 cm³/mol. The molecule has 0 amide bonds. The highest BCUT2D eigenvalue weighted by Crippen LogP contribution is 2.32. The number of hydrogen-bond donors (Lipinski definition) is 1. The maximum absolute atomic E-state index is 6.50. The molecule has 0 radical (unpaired) electrons. The minimum atomic E-state index is -0.119. The maximum atomic E-state index is 6.50. The molecular weight excluding hydrogens is 260 g/mol. The SMILES string of the molecule is CCC(N)C(c1ccccc1C)N1CC(C)OC(C)(C)C1. The fourth-order valence-electron chi connectivity index (χ4n) is 3.55. The van der Waals surface area contributed by atoms with Crippen molar-refractivity contribution in [1.82, 2.24) is 4.90 Å². The number of benzene rings is 1. The Morgan fingerprint density at radius 1 is 1.38 bits per heavy atom. The molecule has 3 atom stereocenters. The van der Waals surface area contributed by atoms with Crippen LogP contribution in [0.15, 0.2) is 24.3 Å². The van der Waals surface area contributed by atoms with Crippen LogP contribution in [-0.2, 0) is 4.74 Å². The molecule has 0 aliphatic carbocycles. The van der Waals surface area contributed by atoms with Gasteiger partial charge in [-0.3, -0.25) is 4.90 Å². The van der Waals surface area contributed by atoms with Crippen LogP contribution in [0.3, 0.4) is 0 Å². The summed E-state index contributed by atoms with van der Waals surface area (Å²) in [5.41, 5.74) is 9.06. The molecule has 0 spiro atoms. The first kappa shape index (κ1) is 16.5. The fourth-order valence-corrected chi connectivity index (χ4v) is 3.55. The average molecular weight is 290 g/mol. The summed E-state index contributed by atoms with van der Waals surface area (Å²) in [6.45, 7) is 12.7. The Kier molecular flexibility index (Phi) is 5.07. The molecule has 118 valence electrons. The molecule has 0 aromatic heterocycles. The van der Waals surface area contributed by atoms with Crippen molar-refractivity contribution in [2.24, 2.45) is 5.73 Å². The van der Waals surface area contributed by atoms with Crippen molar-refractivity contribution in [2.75, 3.05) is 13.1 Å². The highest BCUT2D eigenvalue weighted by molar-refractivity contribution is 5.30. The Labute approximate surface area is 129 Å². The summed E-state index contributed by atoms with van der Waals surface area (Å²) in [4.78, 5) is 2.52. The van der Waals surface area contributed by atoms with Gasteiger partial charge < -0.3 is 10.5 Å². The van der Waals surface area contributed by atoms with Gasteiger partial charge in [0.25, 0.3) is 0 Å². The summed E-state index contributed by atoms with van der Waals surface area (Å²) >= 11 is 0. The van der Waals surface area contributed by atoms with Crippen LogP contribution in [0.4, 0.5) is 0 Å². The van der Waals surface area contributed by atoms with Gasteiger partial charge in [-0.1, -0.05) is 31.2 Å². The first-order chi connectivity index (χ1) is 9.84. The van der Waals surface area contributed by atoms with Crippen molar-refractivity contribution in [3.05, 3.63) is 35.4 Å². The Morgan fingerprint density at radius 3 is 2.62 bits per heavy atom. The van der Waals surface area contributed by atoms with E-state index < -0.39 is 0 Å². The van der Waals surface area contributed by atoms with Crippen molar-refractivity contribution in [3.63, 3.8) is 0 Å². The standard InChI is InChI=1S/C18H30N2O/c1-6-16(19)17(15-10-8-7-9-13(15)2)20-11-14(3)21-18(4,5)12-20/h7-10,14,16-17H,6,11-12,19H2,1-5H3. The van der Waals surface area contributed by atoms with Gasteiger partial charge in [0.1, 0.15) is 0 Å². The fraction of sp³-hybridized carbons (Fsp3) is 0.667. The van der Waals surface area contributed by atoms with Gasteiger partial charge in [-0.15, -0.1) is 0 Å². The lowest BCUT2D eigenvalue weighted by Crippen LogP contribution is -2.55. The number of aryl methyl sites for hydroxylation is 1. The van der Waals surface area contributed by atoms with E-state index in [1.165, 1.54) is 11.1 Å². The predicted octanol–water partition coefficient (Wildman–Crippen LogP) is 3.27. The number of nitrogens with two attached hydrogens (primary N) is 1. The molecule has 2 N–H and O–H groups in total. The zero-order chi connectivity index (χ0) is 15.6. The second-order valence-electron chi connectivity index (χ2n) is 6.99. The van der Waals surface area contributed by atoms with E-state index in [4.69, 9.17) is 10.5 Å². The quantitative estimate of drug-likeness (QED) is 0.925. The van der Waals surface area contributed by atoms with Gasteiger partial charge in [0.2, 0.25) is 0 Å². The van der Waals surface area contributed by atoms with E-state index in [2.05, 4.69) is 63.8 Å². The van der Waals surface area contributed by atoms with Gasteiger partial charge in [-0.2, -0.15) is 0 Å². The van der Waals surface area contributed by atoms with Crippen LogP contribution in [0.5, 0.6) is 0 Å². The number of morpholine rings is 1. The molecular formula is C18H30N2O. The molecule has 3 nitrogen and oxygen atoms in total. The van der Waals surface area contributed by atoms with Crippen LogP contribution in [-0.4, -0.2) is 35.7 Å². The molecule has 2 rings (SSSR count). The summed E-state index contributed by atoms with van der Waals surface area (Å²) in [5.74, 6) is 0. The highest BCUT2D eigenvalue weighted by Gasteiger charge is 2.37. The van der Waals surface area contributed by atoms with E-state index in [1.54, 1.807) is 0 Å². The average Bonchev–Trinajstić information content (AvgIpc) is 2.38. The normalized spacial score (nSPS) is 25.5. The first-order valence-corrected chi connectivity index (χ1v) is 8.07. The van der Waals surface area contributed by atoms with Crippen LogP contribution in [0.2, 0.25) is 0 Å². The molecule has 21 heavy (non-hydrogen) atoms. The lowest BCUT2D eigenvalue weighted by atomic mass is 9.90. The molecule has 1 heterocycles. The van der Waals surface area contributed by atoms with Gasteiger partial charge in [-0.25, -0.2) is 0 Å². The van der Waals surface area contributed by atoms with E-state index in [9.17, 15) is 0 Å². The third-order valence-corrected chi connectivity index (χ3v) is 4.37. The van der Waals surface area contributed by atoms with Crippen LogP contribution in [0.1, 0.15) is 51.3 Å². The molecule has 0 saturated carbocycles. The zero-order valence-electron chi connectivity index (χ0n) is 14.1. The maximum Gasteiger partial charge on any atom is 0.0757 e. The highest BCUT2D eigenvalue weighted by atomic mass is 16.5. The second kappa shape index (κ2) is 6.47. The topological polar surface area (TPSA) is 38.5 Å². The van der Waals surface area contributed by atoms with Crippen LogP contribution >= 0.6 is 0 Å². The minimum Gasteiger partial charge on any atom is -0.370 e. The lowest BCUT2D eigenvalue weighted by molar-refractivity contribution is -0.140. The zero-order valence-corrected chi connectivity index (χ0v) is 14.1. The van der Waals surface area contributed by atoms with Gasteiger partial charge in [0.15, 0.2) is 0 Å². The second-order valence-corrected chi connectivity index (χ2v) is 6.99. The summed E-state index contributed by atoms with van der Waals surface area (Å²) in [7, 11) is 0. The number of ether oxygens (including phenoxy) is 1. The van der Waals surface area contributed by atoms with Crippen molar-refractivity contribution in [3.8, 4) is 0 Å². The van der Waals surface area contributed by atoms with Gasteiger partial charge in [0.05, 0.1) is 17.7 Å². The van der Waals surface area contributed by atoms with Gasteiger partial charge in [0, 0.05) is 19.1 Å². The number of nitrogens with zero attached hydrogens (tertiary/aromatic N) is 1. The monoisotopic (exact) mass is 290 g/mol. The third kappa shape index (κ3) is 3.85. The van der Waals surface area contributed by atoms with Crippen molar-refractivity contribution < 1.29 is 4.74 Å². The summed E-state index contributed by atoms with van der Waals surface area (Å²) in [5, 5.41) is 0. The Bertz CT molecular complexity index is 472. The molecule has 3 unspecified atom stereocenters. The van der Waals surface area contributed by atoms with E-state index >= 15 is 0 Å². The Morgan fingerprint density at radius 2 is 2.05 bits per heavy atom. The van der Waals surface area contributed by atoms with E-state index in [0.29, 0.717) is 0 Å². The first-order valence-electron chi connectivity index (χ1n) is 8.07. The molecule has 1 aromatic rings.